The number of carbonyl (C=O) groups excluding carboxylic acids is 1. The first-order valence-electron chi connectivity index (χ1n) is 6.97. The maximum atomic E-state index is 13.8. The first-order chi connectivity index (χ1) is 11.0. The van der Waals surface area contributed by atoms with E-state index in [9.17, 15) is 14.0 Å². The van der Waals surface area contributed by atoms with Crippen LogP contribution in [0.4, 0.5) is 4.39 Å². The summed E-state index contributed by atoms with van der Waals surface area (Å²) in [6.07, 6.45) is 2.25. The molecule has 0 radical (unpaired) electrons. The predicted octanol–water partition coefficient (Wildman–Crippen LogP) is 2.46. The standard InChI is InChI=1S/C16H17FN2O4/c1-3-4-5-11(16(21)22)19-15(20)12-8-9-13(23-2)7-6-10(17)14(9)18-12/h3,6-8,11,18H,1,4-5H2,2H3,(H,19,20)(H,21,22). The molecule has 2 rings (SSSR count). The molecule has 7 heteroatoms. The molecule has 122 valence electrons. The van der Waals surface area contributed by atoms with Crippen molar-refractivity contribution in [3.8, 4) is 5.75 Å². The lowest BCUT2D eigenvalue weighted by Crippen LogP contribution is -2.40. The van der Waals surface area contributed by atoms with E-state index in [1.165, 1.54) is 25.3 Å². The van der Waals surface area contributed by atoms with Crippen LogP contribution in [0.2, 0.25) is 0 Å². The van der Waals surface area contributed by atoms with Crippen LogP contribution in [0.1, 0.15) is 23.3 Å². The second kappa shape index (κ2) is 6.95. The summed E-state index contributed by atoms with van der Waals surface area (Å²) >= 11 is 0. The van der Waals surface area contributed by atoms with Crippen molar-refractivity contribution in [2.75, 3.05) is 7.11 Å². The van der Waals surface area contributed by atoms with Crippen LogP contribution in [0.15, 0.2) is 30.9 Å². The number of carboxylic acids is 1. The highest BCUT2D eigenvalue weighted by molar-refractivity contribution is 6.01. The third-order valence-corrected chi connectivity index (χ3v) is 3.43. The largest absolute Gasteiger partial charge is 0.496 e. The smallest absolute Gasteiger partial charge is 0.326 e. The molecule has 1 heterocycles. The lowest BCUT2D eigenvalue weighted by atomic mass is 10.1. The Balaban J connectivity index is 2.28. The molecular weight excluding hydrogens is 303 g/mol. The number of aromatic amines is 1. The number of allylic oxidation sites excluding steroid dienone is 1. The van der Waals surface area contributed by atoms with Gasteiger partial charge in [-0.25, -0.2) is 9.18 Å². The van der Waals surface area contributed by atoms with Crippen molar-refractivity contribution < 1.29 is 23.8 Å². The molecule has 1 amide bonds. The Hall–Kier alpha value is -2.83. The number of aliphatic carboxylic acids is 1. The van der Waals surface area contributed by atoms with Crippen molar-refractivity contribution >= 4 is 22.8 Å². The molecule has 6 nitrogen and oxygen atoms in total. The number of fused-ring (bicyclic) bond motifs is 1. The molecular formula is C16H17FN2O4. The fraction of sp³-hybridized carbons (Fsp3) is 0.250. The van der Waals surface area contributed by atoms with E-state index in [0.29, 0.717) is 17.6 Å². The minimum Gasteiger partial charge on any atom is -0.496 e. The highest BCUT2D eigenvalue weighted by Crippen LogP contribution is 2.28. The monoisotopic (exact) mass is 320 g/mol. The molecule has 1 aromatic carbocycles. The fourth-order valence-corrected chi connectivity index (χ4v) is 2.24. The van der Waals surface area contributed by atoms with Crippen LogP contribution in [0.3, 0.4) is 0 Å². The van der Waals surface area contributed by atoms with Gasteiger partial charge in [0.2, 0.25) is 0 Å². The number of benzene rings is 1. The minimum absolute atomic E-state index is 0.0632. The van der Waals surface area contributed by atoms with Crippen LogP contribution in [-0.4, -0.2) is 35.1 Å². The Bertz CT molecular complexity index is 754. The van der Waals surface area contributed by atoms with Crippen LogP contribution in [0.25, 0.3) is 10.9 Å². The fourth-order valence-electron chi connectivity index (χ4n) is 2.24. The summed E-state index contributed by atoms with van der Waals surface area (Å²) in [5, 5.41) is 11.9. The predicted molar refractivity (Wildman–Crippen MR) is 83.1 cm³/mol. The number of methoxy groups -OCH3 is 1. The van der Waals surface area contributed by atoms with E-state index in [-0.39, 0.29) is 17.6 Å². The number of hydrogen-bond donors (Lipinski definition) is 3. The van der Waals surface area contributed by atoms with Crippen molar-refractivity contribution in [2.45, 2.75) is 18.9 Å². The van der Waals surface area contributed by atoms with Gasteiger partial charge in [-0.3, -0.25) is 4.79 Å². The molecule has 0 aliphatic heterocycles. The lowest BCUT2D eigenvalue weighted by Gasteiger charge is -2.12. The molecule has 2 aromatic rings. The molecule has 3 N–H and O–H groups in total. The number of hydrogen-bond acceptors (Lipinski definition) is 3. The van der Waals surface area contributed by atoms with E-state index in [4.69, 9.17) is 9.84 Å². The number of carboxylic acid groups (broad SMARTS) is 1. The second-order valence-corrected chi connectivity index (χ2v) is 4.95. The maximum Gasteiger partial charge on any atom is 0.326 e. The van der Waals surface area contributed by atoms with Gasteiger partial charge >= 0.3 is 5.97 Å². The first kappa shape index (κ1) is 16.5. The summed E-state index contributed by atoms with van der Waals surface area (Å²) in [5.74, 6) is -1.88. The van der Waals surface area contributed by atoms with Crippen LogP contribution >= 0.6 is 0 Å². The van der Waals surface area contributed by atoms with Crippen molar-refractivity contribution in [1.29, 1.82) is 0 Å². The zero-order valence-electron chi connectivity index (χ0n) is 12.6. The molecule has 0 saturated carbocycles. The summed E-state index contributed by atoms with van der Waals surface area (Å²) in [4.78, 5) is 26.0. The number of nitrogens with one attached hydrogen (secondary N) is 2. The quantitative estimate of drug-likeness (QED) is 0.683. The molecule has 0 aliphatic carbocycles. The van der Waals surface area contributed by atoms with E-state index in [1.807, 2.05) is 0 Å². The molecule has 0 fully saturated rings. The Morgan fingerprint density at radius 1 is 1.52 bits per heavy atom. The molecule has 1 aromatic heterocycles. The highest BCUT2D eigenvalue weighted by Gasteiger charge is 2.22. The van der Waals surface area contributed by atoms with Gasteiger partial charge in [-0.1, -0.05) is 6.08 Å². The average Bonchev–Trinajstić information content (AvgIpc) is 2.97. The minimum atomic E-state index is -1.14. The van der Waals surface area contributed by atoms with Gasteiger partial charge in [0.15, 0.2) is 0 Å². The molecule has 1 unspecified atom stereocenters. The SMILES string of the molecule is C=CCCC(NC(=O)c1cc2c(OC)ccc(F)c2[nH]1)C(=O)O. The zero-order valence-corrected chi connectivity index (χ0v) is 12.6. The number of amides is 1. The molecule has 1 atom stereocenters. The van der Waals surface area contributed by atoms with Crippen LogP contribution in [0, 0.1) is 5.82 Å². The summed E-state index contributed by atoms with van der Waals surface area (Å²) in [5.41, 5.74) is 0.195. The third kappa shape index (κ3) is 3.50. The molecule has 0 saturated heterocycles. The van der Waals surface area contributed by atoms with E-state index in [2.05, 4.69) is 16.9 Å². The number of carbonyl (C=O) groups is 2. The van der Waals surface area contributed by atoms with Gasteiger partial charge in [0.25, 0.3) is 5.91 Å². The first-order valence-corrected chi connectivity index (χ1v) is 6.97. The molecule has 0 bridgehead atoms. The van der Waals surface area contributed by atoms with Crippen molar-refractivity contribution in [3.63, 3.8) is 0 Å². The van der Waals surface area contributed by atoms with E-state index < -0.39 is 23.7 Å². The normalized spacial score (nSPS) is 11.9. The van der Waals surface area contributed by atoms with E-state index in [0.717, 1.165) is 0 Å². The lowest BCUT2D eigenvalue weighted by molar-refractivity contribution is -0.139. The molecule has 0 aliphatic rings. The summed E-state index contributed by atoms with van der Waals surface area (Å²) < 4.78 is 18.9. The number of ether oxygens (including phenoxy) is 1. The van der Waals surface area contributed by atoms with E-state index >= 15 is 0 Å². The van der Waals surface area contributed by atoms with Crippen molar-refractivity contribution in [3.05, 3.63) is 42.4 Å². The van der Waals surface area contributed by atoms with Crippen molar-refractivity contribution in [1.82, 2.24) is 10.3 Å². The summed E-state index contributed by atoms with van der Waals surface area (Å²) in [7, 11) is 1.44. The van der Waals surface area contributed by atoms with Gasteiger partial charge < -0.3 is 20.1 Å². The van der Waals surface area contributed by atoms with Gasteiger partial charge in [-0.05, 0) is 31.0 Å². The van der Waals surface area contributed by atoms with Gasteiger partial charge in [0.05, 0.1) is 12.6 Å². The number of rotatable bonds is 7. The topological polar surface area (TPSA) is 91.4 Å². The average molecular weight is 320 g/mol. The Labute approximate surface area is 131 Å². The Morgan fingerprint density at radius 2 is 2.26 bits per heavy atom. The molecule has 23 heavy (non-hydrogen) atoms. The van der Waals surface area contributed by atoms with E-state index in [1.54, 1.807) is 6.08 Å². The van der Waals surface area contributed by atoms with Gasteiger partial charge in [0.1, 0.15) is 23.3 Å². The molecule has 0 spiro atoms. The number of halogens is 1. The second-order valence-electron chi connectivity index (χ2n) is 4.95. The van der Waals surface area contributed by atoms with Crippen LogP contribution in [0.5, 0.6) is 5.75 Å². The number of aromatic nitrogens is 1. The van der Waals surface area contributed by atoms with Gasteiger partial charge in [-0.15, -0.1) is 6.58 Å². The maximum absolute atomic E-state index is 13.8. The number of H-pyrrole nitrogens is 1. The summed E-state index contributed by atoms with van der Waals surface area (Å²) in [6, 6.07) is 3.07. The third-order valence-electron chi connectivity index (χ3n) is 3.43. The van der Waals surface area contributed by atoms with Gasteiger partial charge in [-0.2, -0.15) is 0 Å². The van der Waals surface area contributed by atoms with Crippen LogP contribution < -0.4 is 10.1 Å². The van der Waals surface area contributed by atoms with Crippen LogP contribution in [-0.2, 0) is 4.79 Å². The summed E-state index contributed by atoms with van der Waals surface area (Å²) in [6.45, 7) is 3.52. The highest BCUT2D eigenvalue weighted by atomic mass is 19.1. The van der Waals surface area contributed by atoms with Gasteiger partial charge in [0, 0.05) is 5.39 Å². The zero-order chi connectivity index (χ0) is 17.0. The Kier molecular flexibility index (Phi) is 5.00. The Morgan fingerprint density at radius 3 is 2.87 bits per heavy atom. The van der Waals surface area contributed by atoms with Crippen molar-refractivity contribution in [2.24, 2.45) is 0 Å².